The van der Waals surface area contributed by atoms with Gasteiger partial charge in [-0.05, 0) is 37.1 Å². The largest absolute Gasteiger partial charge is 0.497 e. The number of methoxy groups -OCH3 is 1. The first-order valence-corrected chi connectivity index (χ1v) is 11.2. The zero-order valence-corrected chi connectivity index (χ0v) is 17.6. The standard InChI is InChI=1S/C23H23FN2O3S/c1-29-17-9-10-20-18(13-17)23(26(11-12-30-23)21(27)15-6-4-7-15)22(28)25(20)14-16-5-2-3-8-19(16)24/h2-3,5,8-10,13,15H,4,6-7,11-12,14H2,1H3/t23-/m1/s1. The van der Waals surface area contributed by atoms with Crippen LogP contribution in [-0.2, 0) is 21.0 Å². The second-order valence-electron chi connectivity index (χ2n) is 7.98. The van der Waals surface area contributed by atoms with Gasteiger partial charge in [0.15, 0.2) is 4.87 Å². The fraction of sp³-hybridized carbons (Fsp3) is 0.391. The van der Waals surface area contributed by atoms with E-state index in [0.29, 0.717) is 29.3 Å². The molecule has 2 aromatic rings. The number of ether oxygens (including phenoxy) is 1. The summed E-state index contributed by atoms with van der Waals surface area (Å²) in [5.74, 6) is 0.863. The normalized spacial score (nSPS) is 23.1. The number of anilines is 1. The summed E-state index contributed by atoms with van der Waals surface area (Å²) in [7, 11) is 1.58. The van der Waals surface area contributed by atoms with E-state index in [1.54, 1.807) is 41.2 Å². The molecular formula is C23H23FN2O3S. The molecule has 3 aliphatic rings. The third-order valence-electron chi connectivity index (χ3n) is 6.41. The molecule has 1 atom stereocenters. The lowest BCUT2D eigenvalue weighted by molar-refractivity contribution is -0.145. The Balaban J connectivity index is 1.61. The first kappa shape index (κ1) is 19.4. The predicted octanol–water partition coefficient (Wildman–Crippen LogP) is 3.91. The molecule has 156 valence electrons. The lowest BCUT2D eigenvalue weighted by Gasteiger charge is -2.37. The van der Waals surface area contributed by atoms with Crippen LogP contribution in [0.15, 0.2) is 42.5 Å². The van der Waals surface area contributed by atoms with E-state index in [2.05, 4.69) is 0 Å². The molecule has 1 saturated heterocycles. The van der Waals surface area contributed by atoms with Gasteiger partial charge in [0, 0.05) is 29.3 Å². The van der Waals surface area contributed by atoms with Gasteiger partial charge >= 0.3 is 0 Å². The number of rotatable bonds is 4. The Morgan fingerprint density at radius 3 is 2.77 bits per heavy atom. The van der Waals surface area contributed by atoms with Crippen molar-refractivity contribution in [3.8, 4) is 5.75 Å². The highest BCUT2D eigenvalue weighted by Gasteiger charge is 2.60. The Kier molecular flexibility index (Phi) is 4.73. The average Bonchev–Trinajstić information content (AvgIpc) is 3.25. The quantitative estimate of drug-likeness (QED) is 0.744. The molecule has 1 saturated carbocycles. The minimum Gasteiger partial charge on any atom is -0.497 e. The lowest BCUT2D eigenvalue weighted by atomic mass is 9.84. The molecule has 0 N–H and O–H groups in total. The minimum absolute atomic E-state index is 0.00282. The smallest absolute Gasteiger partial charge is 0.268 e. The van der Waals surface area contributed by atoms with Gasteiger partial charge in [0.25, 0.3) is 5.91 Å². The summed E-state index contributed by atoms with van der Waals surface area (Å²) in [4.78, 5) is 29.5. The van der Waals surface area contributed by atoms with Crippen molar-refractivity contribution in [3.05, 3.63) is 59.4 Å². The van der Waals surface area contributed by atoms with Gasteiger partial charge < -0.3 is 14.5 Å². The van der Waals surface area contributed by atoms with Gasteiger partial charge in [-0.1, -0.05) is 24.6 Å². The molecule has 1 aliphatic carbocycles. The summed E-state index contributed by atoms with van der Waals surface area (Å²) in [6.07, 6.45) is 2.82. The first-order valence-electron chi connectivity index (χ1n) is 10.3. The summed E-state index contributed by atoms with van der Waals surface area (Å²) >= 11 is 1.49. The molecule has 2 aliphatic heterocycles. The van der Waals surface area contributed by atoms with Crippen LogP contribution in [0.1, 0.15) is 30.4 Å². The number of nitrogens with zero attached hydrogens (tertiary/aromatic N) is 2. The van der Waals surface area contributed by atoms with E-state index < -0.39 is 4.87 Å². The number of amides is 2. The number of hydrogen-bond donors (Lipinski definition) is 0. The van der Waals surface area contributed by atoms with E-state index in [1.807, 2.05) is 12.1 Å². The molecule has 5 rings (SSSR count). The van der Waals surface area contributed by atoms with Crippen LogP contribution in [0.4, 0.5) is 10.1 Å². The van der Waals surface area contributed by atoms with E-state index >= 15 is 0 Å². The number of benzene rings is 2. The maximum atomic E-state index is 14.4. The minimum atomic E-state index is -1.10. The molecule has 7 heteroatoms. The monoisotopic (exact) mass is 426 g/mol. The van der Waals surface area contributed by atoms with Crippen molar-refractivity contribution in [2.75, 3.05) is 24.3 Å². The molecule has 2 aromatic carbocycles. The number of carbonyl (C=O) groups is 2. The van der Waals surface area contributed by atoms with Gasteiger partial charge in [-0.25, -0.2) is 4.39 Å². The number of carbonyl (C=O) groups excluding carboxylic acids is 2. The lowest BCUT2D eigenvalue weighted by Crippen LogP contribution is -2.52. The second kappa shape index (κ2) is 7.30. The van der Waals surface area contributed by atoms with Gasteiger partial charge in [-0.2, -0.15) is 0 Å². The number of hydrogen-bond acceptors (Lipinski definition) is 4. The van der Waals surface area contributed by atoms with Crippen LogP contribution >= 0.6 is 11.8 Å². The van der Waals surface area contributed by atoms with E-state index in [4.69, 9.17) is 4.74 Å². The van der Waals surface area contributed by atoms with Crippen molar-refractivity contribution in [1.82, 2.24) is 4.90 Å². The van der Waals surface area contributed by atoms with Crippen LogP contribution in [0.3, 0.4) is 0 Å². The van der Waals surface area contributed by atoms with Crippen molar-refractivity contribution in [3.63, 3.8) is 0 Å². The average molecular weight is 427 g/mol. The van der Waals surface area contributed by atoms with E-state index in [9.17, 15) is 14.0 Å². The highest BCUT2D eigenvalue weighted by Crippen LogP contribution is 2.56. The highest BCUT2D eigenvalue weighted by atomic mass is 32.2. The van der Waals surface area contributed by atoms with E-state index in [-0.39, 0.29) is 30.1 Å². The third-order valence-corrected chi connectivity index (χ3v) is 7.83. The SMILES string of the molecule is COc1ccc2c(c1)[C@@]1(SCCN1C(=O)C1CCC1)C(=O)N2Cc1ccccc1F. The van der Waals surface area contributed by atoms with Crippen LogP contribution in [0.25, 0.3) is 0 Å². The van der Waals surface area contributed by atoms with Crippen LogP contribution < -0.4 is 9.64 Å². The van der Waals surface area contributed by atoms with Crippen molar-refractivity contribution in [2.45, 2.75) is 30.7 Å². The highest BCUT2D eigenvalue weighted by molar-refractivity contribution is 8.01. The Morgan fingerprint density at radius 2 is 2.07 bits per heavy atom. The molecule has 1 spiro atoms. The van der Waals surface area contributed by atoms with Crippen molar-refractivity contribution >= 4 is 29.3 Å². The number of fused-ring (bicyclic) bond motifs is 2. The van der Waals surface area contributed by atoms with Crippen LogP contribution in [0.5, 0.6) is 5.75 Å². The zero-order valence-electron chi connectivity index (χ0n) is 16.8. The molecule has 0 bridgehead atoms. The predicted molar refractivity (Wildman–Crippen MR) is 114 cm³/mol. The summed E-state index contributed by atoms with van der Waals surface area (Å²) in [5, 5.41) is 0. The third kappa shape index (κ3) is 2.75. The van der Waals surface area contributed by atoms with Crippen LogP contribution in [0, 0.1) is 11.7 Å². The van der Waals surface area contributed by atoms with Crippen LogP contribution in [0.2, 0.25) is 0 Å². The van der Waals surface area contributed by atoms with Gasteiger partial charge in [0.2, 0.25) is 5.91 Å². The summed E-state index contributed by atoms with van der Waals surface area (Å²) in [6.45, 7) is 0.661. The van der Waals surface area contributed by atoms with Crippen molar-refractivity contribution in [1.29, 1.82) is 0 Å². The molecular weight excluding hydrogens is 403 g/mol. The molecule has 2 amide bonds. The topological polar surface area (TPSA) is 49.9 Å². The molecule has 0 aromatic heterocycles. The van der Waals surface area contributed by atoms with Gasteiger partial charge in [0.1, 0.15) is 11.6 Å². The molecule has 2 fully saturated rings. The second-order valence-corrected chi connectivity index (χ2v) is 9.26. The zero-order chi connectivity index (χ0) is 20.9. The molecule has 5 nitrogen and oxygen atoms in total. The molecule has 0 unspecified atom stereocenters. The molecule has 2 heterocycles. The Hall–Kier alpha value is -2.54. The van der Waals surface area contributed by atoms with Crippen molar-refractivity contribution in [2.24, 2.45) is 5.92 Å². The van der Waals surface area contributed by atoms with Gasteiger partial charge in [-0.3, -0.25) is 9.59 Å². The number of halogens is 1. The van der Waals surface area contributed by atoms with Gasteiger partial charge in [0.05, 0.1) is 19.3 Å². The Morgan fingerprint density at radius 1 is 1.27 bits per heavy atom. The van der Waals surface area contributed by atoms with Crippen molar-refractivity contribution < 1.29 is 18.7 Å². The first-order chi connectivity index (χ1) is 14.6. The van der Waals surface area contributed by atoms with E-state index in [0.717, 1.165) is 24.8 Å². The summed E-state index contributed by atoms with van der Waals surface area (Å²) in [6, 6.07) is 12.0. The maximum absolute atomic E-state index is 14.4. The fourth-order valence-electron chi connectivity index (χ4n) is 4.57. The summed E-state index contributed by atoms with van der Waals surface area (Å²) < 4.78 is 19.8. The Labute approximate surface area is 179 Å². The van der Waals surface area contributed by atoms with E-state index in [1.165, 1.54) is 17.8 Å². The fourth-order valence-corrected chi connectivity index (χ4v) is 6.03. The van der Waals surface area contributed by atoms with Crippen LogP contribution in [-0.4, -0.2) is 36.1 Å². The maximum Gasteiger partial charge on any atom is 0.268 e. The van der Waals surface area contributed by atoms with Gasteiger partial charge in [-0.15, -0.1) is 11.8 Å². The Bertz CT molecular complexity index is 1030. The summed E-state index contributed by atoms with van der Waals surface area (Å²) in [5.41, 5.74) is 1.92. The number of thioether (sulfide) groups is 1. The molecule has 30 heavy (non-hydrogen) atoms. The molecule has 0 radical (unpaired) electrons.